The Morgan fingerprint density at radius 3 is 2.79 bits per heavy atom. The summed E-state index contributed by atoms with van der Waals surface area (Å²) in [7, 11) is 0. The molecule has 29 heavy (non-hydrogen) atoms. The molecule has 0 unspecified atom stereocenters. The number of thiazole rings is 1. The van der Waals surface area contributed by atoms with E-state index in [0.717, 1.165) is 4.47 Å². The van der Waals surface area contributed by atoms with Crippen molar-refractivity contribution in [1.29, 1.82) is 0 Å². The molecule has 0 saturated heterocycles. The standard InChI is InChI=1S/C19H18BrN5O3S/c1-12(26)25(21)17(27)8-7-14-11-29-19(23-14)24-18-16(9-13(20)10-22-18)28-15-5-3-2-4-6-15/h2-6,9-11H,7-8,21H2,1H3,(H,22,23,24). The molecule has 0 spiro atoms. The van der Waals surface area contributed by atoms with E-state index in [2.05, 4.69) is 31.2 Å². The fraction of sp³-hybridized carbons (Fsp3) is 0.158. The Morgan fingerprint density at radius 2 is 2.07 bits per heavy atom. The minimum absolute atomic E-state index is 0.0954. The first-order valence-electron chi connectivity index (χ1n) is 8.60. The van der Waals surface area contributed by atoms with Crippen LogP contribution in [0.3, 0.4) is 0 Å². The van der Waals surface area contributed by atoms with Crippen molar-refractivity contribution in [1.82, 2.24) is 15.0 Å². The number of anilines is 2. The first-order chi connectivity index (χ1) is 13.9. The molecule has 0 fully saturated rings. The number of carbonyl (C=O) groups excluding carboxylic acids is 2. The van der Waals surface area contributed by atoms with Crippen molar-refractivity contribution < 1.29 is 14.3 Å². The summed E-state index contributed by atoms with van der Waals surface area (Å²) in [5.41, 5.74) is 0.713. The zero-order chi connectivity index (χ0) is 20.8. The van der Waals surface area contributed by atoms with E-state index in [1.807, 2.05) is 41.8 Å². The van der Waals surface area contributed by atoms with E-state index in [9.17, 15) is 9.59 Å². The van der Waals surface area contributed by atoms with Crippen molar-refractivity contribution in [3.05, 3.63) is 58.1 Å². The minimum atomic E-state index is -0.497. The summed E-state index contributed by atoms with van der Waals surface area (Å²) >= 11 is 4.78. The van der Waals surface area contributed by atoms with E-state index in [0.29, 0.717) is 39.6 Å². The number of nitrogens with one attached hydrogen (secondary N) is 1. The molecular weight excluding hydrogens is 458 g/mol. The van der Waals surface area contributed by atoms with Crippen molar-refractivity contribution >= 4 is 50.0 Å². The maximum Gasteiger partial charge on any atom is 0.243 e. The van der Waals surface area contributed by atoms with Gasteiger partial charge in [0, 0.05) is 35.5 Å². The van der Waals surface area contributed by atoms with Gasteiger partial charge in [0.25, 0.3) is 0 Å². The third-order valence-electron chi connectivity index (χ3n) is 3.77. The Hall–Kier alpha value is -2.82. The number of carbonyl (C=O) groups is 2. The summed E-state index contributed by atoms with van der Waals surface area (Å²) in [6.45, 7) is 1.24. The minimum Gasteiger partial charge on any atom is -0.453 e. The smallest absolute Gasteiger partial charge is 0.243 e. The molecule has 0 radical (unpaired) electrons. The molecule has 0 bridgehead atoms. The monoisotopic (exact) mass is 475 g/mol. The van der Waals surface area contributed by atoms with Gasteiger partial charge in [-0.2, -0.15) is 0 Å². The van der Waals surface area contributed by atoms with E-state index in [4.69, 9.17) is 10.6 Å². The molecule has 0 atom stereocenters. The number of imide groups is 1. The number of para-hydroxylation sites is 1. The first-order valence-corrected chi connectivity index (χ1v) is 10.3. The summed E-state index contributed by atoms with van der Waals surface area (Å²) < 4.78 is 6.70. The Labute approximate surface area is 179 Å². The van der Waals surface area contributed by atoms with Gasteiger partial charge >= 0.3 is 0 Å². The highest BCUT2D eigenvalue weighted by Crippen LogP contribution is 2.33. The molecular formula is C19H18BrN5O3S. The van der Waals surface area contributed by atoms with E-state index in [1.165, 1.54) is 18.3 Å². The number of nitrogens with two attached hydrogens (primary N) is 1. The SMILES string of the molecule is CC(=O)N(N)C(=O)CCc1csc(Nc2ncc(Br)cc2Oc2ccccc2)n1. The van der Waals surface area contributed by atoms with Gasteiger partial charge in [-0.1, -0.05) is 18.2 Å². The topological polar surface area (TPSA) is 110 Å². The van der Waals surface area contributed by atoms with Crippen LogP contribution in [0.25, 0.3) is 0 Å². The van der Waals surface area contributed by atoms with Gasteiger partial charge in [-0.05, 0) is 34.5 Å². The third-order valence-corrected chi connectivity index (χ3v) is 5.01. The number of aromatic nitrogens is 2. The summed E-state index contributed by atoms with van der Waals surface area (Å²) in [6, 6.07) is 11.2. The second-order valence-electron chi connectivity index (χ2n) is 5.97. The number of hydrazine groups is 1. The zero-order valence-corrected chi connectivity index (χ0v) is 17.9. The average Bonchev–Trinajstić information content (AvgIpc) is 3.15. The highest BCUT2D eigenvalue weighted by Gasteiger charge is 2.15. The van der Waals surface area contributed by atoms with Gasteiger partial charge in [-0.25, -0.2) is 20.8 Å². The maximum atomic E-state index is 11.8. The van der Waals surface area contributed by atoms with Crippen LogP contribution in [0, 0.1) is 0 Å². The number of aryl methyl sites for hydroxylation is 1. The molecule has 1 aromatic carbocycles. The Balaban J connectivity index is 1.68. The Morgan fingerprint density at radius 1 is 1.31 bits per heavy atom. The van der Waals surface area contributed by atoms with E-state index >= 15 is 0 Å². The molecule has 2 aromatic heterocycles. The molecule has 3 N–H and O–H groups in total. The largest absolute Gasteiger partial charge is 0.453 e. The number of rotatable bonds is 7. The molecule has 0 saturated carbocycles. The highest BCUT2D eigenvalue weighted by atomic mass is 79.9. The zero-order valence-electron chi connectivity index (χ0n) is 15.5. The van der Waals surface area contributed by atoms with Crippen molar-refractivity contribution in [2.75, 3.05) is 5.32 Å². The van der Waals surface area contributed by atoms with E-state index in [1.54, 1.807) is 6.20 Å². The Bertz CT molecular complexity index is 1010. The van der Waals surface area contributed by atoms with Crippen LogP contribution in [0.1, 0.15) is 19.0 Å². The van der Waals surface area contributed by atoms with Crippen molar-refractivity contribution in [2.24, 2.45) is 5.84 Å². The summed E-state index contributed by atoms with van der Waals surface area (Å²) in [4.78, 5) is 31.8. The van der Waals surface area contributed by atoms with Gasteiger partial charge in [0.05, 0.1) is 5.69 Å². The maximum absolute atomic E-state index is 11.8. The van der Waals surface area contributed by atoms with Crippen LogP contribution in [0.2, 0.25) is 0 Å². The number of benzene rings is 1. The first kappa shape index (κ1) is 20.9. The molecule has 3 aromatic rings. The lowest BCUT2D eigenvalue weighted by Crippen LogP contribution is -2.41. The Kier molecular flexibility index (Phi) is 6.91. The van der Waals surface area contributed by atoms with Crippen LogP contribution in [-0.4, -0.2) is 26.8 Å². The lowest BCUT2D eigenvalue weighted by atomic mass is 10.2. The fourth-order valence-corrected chi connectivity index (χ4v) is 3.37. The molecule has 150 valence electrons. The van der Waals surface area contributed by atoms with Crippen LogP contribution < -0.4 is 15.9 Å². The second-order valence-corrected chi connectivity index (χ2v) is 7.74. The predicted molar refractivity (Wildman–Crippen MR) is 114 cm³/mol. The van der Waals surface area contributed by atoms with Gasteiger partial charge in [0.1, 0.15) is 5.75 Å². The third kappa shape index (κ3) is 5.83. The molecule has 0 aliphatic heterocycles. The van der Waals surface area contributed by atoms with Crippen molar-refractivity contribution in [2.45, 2.75) is 19.8 Å². The lowest BCUT2D eigenvalue weighted by Gasteiger charge is -2.11. The number of amides is 2. The number of hydrogen-bond acceptors (Lipinski definition) is 8. The molecule has 8 nitrogen and oxygen atoms in total. The van der Waals surface area contributed by atoms with Gasteiger partial charge in [0.15, 0.2) is 16.7 Å². The van der Waals surface area contributed by atoms with Crippen LogP contribution >= 0.6 is 27.3 Å². The van der Waals surface area contributed by atoms with E-state index in [-0.39, 0.29) is 6.42 Å². The van der Waals surface area contributed by atoms with Gasteiger partial charge in [0.2, 0.25) is 11.8 Å². The molecule has 3 rings (SSSR count). The quantitative estimate of drug-likeness (QED) is 0.301. The van der Waals surface area contributed by atoms with Crippen molar-refractivity contribution in [3.8, 4) is 11.5 Å². The van der Waals surface area contributed by atoms with Gasteiger partial charge in [-0.3, -0.25) is 9.59 Å². The normalized spacial score (nSPS) is 10.4. The number of pyridine rings is 1. The summed E-state index contributed by atoms with van der Waals surface area (Å²) in [5, 5.41) is 6.20. The number of hydrogen-bond donors (Lipinski definition) is 2. The average molecular weight is 476 g/mol. The van der Waals surface area contributed by atoms with Gasteiger partial charge < -0.3 is 10.1 Å². The number of ether oxygens (including phenoxy) is 1. The van der Waals surface area contributed by atoms with Gasteiger partial charge in [-0.15, -0.1) is 11.3 Å². The van der Waals surface area contributed by atoms with E-state index < -0.39 is 11.8 Å². The molecule has 0 aliphatic carbocycles. The van der Waals surface area contributed by atoms with Crippen LogP contribution in [0.5, 0.6) is 11.5 Å². The summed E-state index contributed by atoms with van der Waals surface area (Å²) in [6.07, 6.45) is 2.13. The molecule has 2 heterocycles. The lowest BCUT2D eigenvalue weighted by molar-refractivity contribution is -0.143. The highest BCUT2D eigenvalue weighted by molar-refractivity contribution is 9.10. The molecule has 0 aliphatic rings. The second kappa shape index (κ2) is 9.59. The molecule has 2 amide bonds. The fourth-order valence-electron chi connectivity index (χ4n) is 2.32. The van der Waals surface area contributed by atoms with Crippen molar-refractivity contribution in [3.63, 3.8) is 0 Å². The number of halogens is 1. The summed E-state index contributed by atoms with van der Waals surface area (Å²) in [5.74, 6) is 6.19. The van der Waals surface area contributed by atoms with Crippen LogP contribution in [0.4, 0.5) is 10.9 Å². The van der Waals surface area contributed by atoms with Crippen LogP contribution in [0.15, 0.2) is 52.4 Å². The van der Waals surface area contributed by atoms with Crippen LogP contribution in [-0.2, 0) is 16.0 Å². The predicted octanol–water partition coefficient (Wildman–Crippen LogP) is 4.02. The molecule has 10 heteroatoms. The number of nitrogens with zero attached hydrogens (tertiary/aromatic N) is 3.